The van der Waals surface area contributed by atoms with Gasteiger partial charge in [-0.1, -0.05) is 67.2 Å². The minimum Gasteiger partial charge on any atom is -0.321 e. The number of aromatic nitrogens is 1. The standard InChI is InChI=1S/C23H18N2O/c1-2-23(26)24-21-16-25(22-11-7-6-10-20(21)22)19-14-12-18(13-15-19)17-8-4-3-5-9-17/h2-16H,1H2,(H,24,26). The van der Waals surface area contributed by atoms with Gasteiger partial charge in [0.05, 0.1) is 11.2 Å². The Bertz CT molecular complexity index is 1080. The number of para-hydroxylation sites is 1. The van der Waals surface area contributed by atoms with Crippen LogP contribution in [0.25, 0.3) is 27.7 Å². The first-order chi connectivity index (χ1) is 12.8. The fraction of sp³-hybridized carbons (Fsp3) is 0. The average Bonchev–Trinajstić information content (AvgIpc) is 3.07. The maximum atomic E-state index is 11.7. The number of benzene rings is 3. The summed E-state index contributed by atoms with van der Waals surface area (Å²) in [5.74, 6) is -0.215. The van der Waals surface area contributed by atoms with Gasteiger partial charge in [-0.15, -0.1) is 0 Å². The molecule has 3 nitrogen and oxygen atoms in total. The molecule has 0 atom stereocenters. The van der Waals surface area contributed by atoms with Gasteiger partial charge in [0.25, 0.3) is 0 Å². The molecule has 0 saturated carbocycles. The first kappa shape index (κ1) is 15.9. The molecule has 1 N–H and O–H groups in total. The normalized spacial score (nSPS) is 10.6. The van der Waals surface area contributed by atoms with Gasteiger partial charge in [0, 0.05) is 17.3 Å². The van der Waals surface area contributed by atoms with Crippen molar-refractivity contribution in [1.82, 2.24) is 4.57 Å². The number of rotatable bonds is 4. The van der Waals surface area contributed by atoms with Crippen LogP contribution in [0, 0.1) is 0 Å². The highest BCUT2D eigenvalue weighted by molar-refractivity contribution is 6.06. The van der Waals surface area contributed by atoms with E-state index in [0.717, 1.165) is 22.3 Å². The van der Waals surface area contributed by atoms with Crippen LogP contribution in [0.1, 0.15) is 0 Å². The second-order valence-electron chi connectivity index (χ2n) is 6.04. The fourth-order valence-corrected chi connectivity index (χ4v) is 3.12. The Hall–Kier alpha value is -3.59. The molecule has 0 aliphatic carbocycles. The lowest BCUT2D eigenvalue weighted by molar-refractivity contribution is -0.111. The van der Waals surface area contributed by atoms with Crippen LogP contribution < -0.4 is 5.32 Å². The third-order valence-electron chi connectivity index (χ3n) is 4.41. The van der Waals surface area contributed by atoms with Crippen molar-refractivity contribution < 1.29 is 4.79 Å². The van der Waals surface area contributed by atoms with Gasteiger partial charge < -0.3 is 9.88 Å². The summed E-state index contributed by atoms with van der Waals surface area (Å²) >= 11 is 0. The molecule has 4 rings (SSSR count). The second kappa shape index (κ2) is 6.73. The van der Waals surface area contributed by atoms with E-state index in [0.29, 0.717) is 0 Å². The van der Waals surface area contributed by atoms with Crippen LogP contribution in [-0.2, 0) is 4.79 Å². The molecule has 0 aliphatic rings. The molecule has 1 heterocycles. The second-order valence-corrected chi connectivity index (χ2v) is 6.04. The van der Waals surface area contributed by atoms with E-state index in [4.69, 9.17) is 0 Å². The van der Waals surface area contributed by atoms with Gasteiger partial charge in [-0.05, 0) is 35.4 Å². The number of fused-ring (bicyclic) bond motifs is 1. The van der Waals surface area contributed by atoms with Crippen LogP contribution in [0.2, 0.25) is 0 Å². The molecule has 26 heavy (non-hydrogen) atoms. The molecular weight excluding hydrogens is 320 g/mol. The number of hydrogen-bond donors (Lipinski definition) is 1. The Labute approximate surface area is 152 Å². The molecule has 0 spiro atoms. The third kappa shape index (κ3) is 2.91. The minimum absolute atomic E-state index is 0.215. The van der Waals surface area contributed by atoms with Gasteiger partial charge in [-0.2, -0.15) is 0 Å². The first-order valence-electron chi connectivity index (χ1n) is 8.45. The number of amides is 1. The summed E-state index contributed by atoms with van der Waals surface area (Å²) in [6, 6.07) is 26.7. The summed E-state index contributed by atoms with van der Waals surface area (Å²) in [4.78, 5) is 11.7. The zero-order valence-electron chi connectivity index (χ0n) is 14.2. The number of anilines is 1. The van der Waals surface area contributed by atoms with E-state index in [2.05, 4.69) is 52.9 Å². The first-order valence-corrected chi connectivity index (χ1v) is 8.45. The molecular formula is C23H18N2O. The molecule has 1 amide bonds. The van der Waals surface area contributed by atoms with Crippen molar-refractivity contribution >= 4 is 22.5 Å². The van der Waals surface area contributed by atoms with E-state index in [1.807, 2.05) is 48.7 Å². The molecule has 0 saturated heterocycles. The highest BCUT2D eigenvalue weighted by Gasteiger charge is 2.11. The lowest BCUT2D eigenvalue weighted by Crippen LogP contribution is -2.06. The Morgan fingerprint density at radius 2 is 1.50 bits per heavy atom. The highest BCUT2D eigenvalue weighted by Crippen LogP contribution is 2.29. The Morgan fingerprint density at radius 3 is 2.23 bits per heavy atom. The molecule has 3 aromatic carbocycles. The van der Waals surface area contributed by atoms with Crippen molar-refractivity contribution in [2.24, 2.45) is 0 Å². The number of nitrogens with zero attached hydrogens (tertiary/aromatic N) is 1. The van der Waals surface area contributed by atoms with E-state index < -0.39 is 0 Å². The maximum Gasteiger partial charge on any atom is 0.247 e. The molecule has 0 fully saturated rings. The lowest BCUT2D eigenvalue weighted by Gasteiger charge is -2.07. The predicted octanol–water partition coefficient (Wildman–Crippen LogP) is 5.42. The third-order valence-corrected chi connectivity index (χ3v) is 4.41. The van der Waals surface area contributed by atoms with E-state index >= 15 is 0 Å². The summed E-state index contributed by atoms with van der Waals surface area (Å²) in [6.07, 6.45) is 3.23. The largest absolute Gasteiger partial charge is 0.321 e. The van der Waals surface area contributed by atoms with Crippen LogP contribution in [0.3, 0.4) is 0 Å². The summed E-state index contributed by atoms with van der Waals surface area (Å²) < 4.78 is 2.09. The van der Waals surface area contributed by atoms with Crippen LogP contribution in [0.15, 0.2) is 97.7 Å². The zero-order valence-corrected chi connectivity index (χ0v) is 14.2. The summed E-state index contributed by atoms with van der Waals surface area (Å²) in [6.45, 7) is 3.52. The van der Waals surface area contributed by atoms with E-state index in [1.54, 1.807) is 0 Å². The SMILES string of the molecule is C=CC(=O)Nc1cn(-c2ccc(-c3ccccc3)cc2)c2ccccc12. The smallest absolute Gasteiger partial charge is 0.247 e. The van der Waals surface area contributed by atoms with Crippen molar-refractivity contribution in [2.75, 3.05) is 5.32 Å². The topological polar surface area (TPSA) is 34.0 Å². The molecule has 0 aliphatic heterocycles. The van der Waals surface area contributed by atoms with E-state index in [-0.39, 0.29) is 5.91 Å². The van der Waals surface area contributed by atoms with Crippen molar-refractivity contribution in [3.63, 3.8) is 0 Å². The van der Waals surface area contributed by atoms with Crippen LogP contribution >= 0.6 is 0 Å². The Morgan fingerprint density at radius 1 is 0.846 bits per heavy atom. The van der Waals surface area contributed by atoms with Gasteiger partial charge >= 0.3 is 0 Å². The van der Waals surface area contributed by atoms with Gasteiger partial charge in [-0.25, -0.2) is 0 Å². The quantitative estimate of drug-likeness (QED) is 0.495. The monoisotopic (exact) mass is 338 g/mol. The molecule has 1 aromatic heterocycles. The number of carbonyl (C=O) groups excluding carboxylic acids is 1. The number of carbonyl (C=O) groups is 1. The minimum atomic E-state index is -0.215. The van der Waals surface area contributed by atoms with Crippen molar-refractivity contribution in [1.29, 1.82) is 0 Å². The number of nitrogens with one attached hydrogen (secondary N) is 1. The van der Waals surface area contributed by atoms with Gasteiger partial charge in [0.1, 0.15) is 0 Å². The van der Waals surface area contributed by atoms with Crippen molar-refractivity contribution in [3.8, 4) is 16.8 Å². The molecule has 0 radical (unpaired) electrons. The van der Waals surface area contributed by atoms with Gasteiger partial charge in [0.2, 0.25) is 5.91 Å². The van der Waals surface area contributed by atoms with Gasteiger partial charge in [-0.3, -0.25) is 4.79 Å². The van der Waals surface area contributed by atoms with Crippen LogP contribution in [0.4, 0.5) is 5.69 Å². The fourth-order valence-electron chi connectivity index (χ4n) is 3.12. The average molecular weight is 338 g/mol. The molecule has 126 valence electrons. The van der Waals surface area contributed by atoms with E-state index in [1.165, 1.54) is 17.2 Å². The molecule has 0 unspecified atom stereocenters. The number of hydrogen-bond acceptors (Lipinski definition) is 1. The van der Waals surface area contributed by atoms with Crippen LogP contribution in [-0.4, -0.2) is 10.5 Å². The Balaban J connectivity index is 1.77. The summed E-state index contributed by atoms with van der Waals surface area (Å²) in [7, 11) is 0. The molecule has 0 bridgehead atoms. The highest BCUT2D eigenvalue weighted by atomic mass is 16.1. The van der Waals surface area contributed by atoms with Crippen molar-refractivity contribution in [2.45, 2.75) is 0 Å². The van der Waals surface area contributed by atoms with Crippen LogP contribution in [0.5, 0.6) is 0 Å². The van der Waals surface area contributed by atoms with Crippen molar-refractivity contribution in [3.05, 3.63) is 97.7 Å². The zero-order chi connectivity index (χ0) is 17.9. The predicted molar refractivity (Wildman–Crippen MR) is 108 cm³/mol. The van der Waals surface area contributed by atoms with Gasteiger partial charge in [0.15, 0.2) is 0 Å². The molecule has 3 heteroatoms. The van der Waals surface area contributed by atoms with E-state index in [9.17, 15) is 4.79 Å². The summed E-state index contributed by atoms with van der Waals surface area (Å²) in [5, 5.41) is 3.88. The summed E-state index contributed by atoms with van der Waals surface area (Å²) in [5.41, 5.74) is 5.22. The lowest BCUT2D eigenvalue weighted by atomic mass is 10.1. The Kier molecular flexibility index (Phi) is 4.12. The molecule has 4 aromatic rings. The maximum absolute atomic E-state index is 11.7.